The van der Waals surface area contributed by atoms with E-state index in [2.05, 4.69) is 97.1 Å². The Bertz CT molecular complexity index is 1790. The molecule has 0 atom stereocenters. The van der Waals surface area contributed by atoms with Crippen molar-refractivity contribution in [2.45, 2.75) is 54.1 Å². The molecular weight excluding hydrogens is 533 g/mol. The van der Waals surface area contributed by atoms with E-state index < -0.39 is 16.6 Å². The summed E-state index contributed by atoms with van der Waals surface area (Å²) < 4.78 is 6.21. The number of hydrogen-bond acceptors (Lipinski definition) is 4. The van der Waals surface area contributed by atoms with Crippen molar-refractivity contribution in [3.8, 4) is 22.3 Å². The van der Waals surface area contributed by atoms with Gasteiger partial charge in [-0.15, -0.1) is 0 Å². The van der Waals surface area contributed by atoms with E-state index in [0.29, 0.717) is 0 Å². The maximum Gasteiger partial charge on any atom is 0.330 e. The number of nitrogens with two attached hydrogens (primary N) is 1. The van der Waals surface area contributed by atoms with Gasteiger partial charge >= 0.3 is 7.48 Å². The highest BCUT2D eigenvalue weighted by Gasteiger charge is 2.50. The molecule has 0 amide bonds. The summed E-state index contributed by atoms with van der Waals surface area (Å²) in [7, 11) is 1.79. The number of benzene rings is 5. The summed E-state index contributed by atoms with van der Waals surface area (Å²) in [6, 6.07) is 39.2. The molecule has 1 spiro atoms. The molecule has 5 heteroatoms. The van der Waals surface area contributed by atoms with Crippen LogP contribution in [0.15, 0.2) is 119 Å². The summed E-state index contributed by atoms with van der Waals surface area (Å²) in [6.45, 7) is 7.37. The van der Waals surface area contributed by atoms with Gasteiger partial charge in [0, 0.05) is 15.5 Å². The number of aliphatic hydroxyl groups is 1. The van der Waals surface area contributed by atoms with Crippen LogP contribution in [-0.4, -0.2) is 23.8 Å². The van der Waals surface area contributed by atoms with Crippen LogP contribution in [0.4, 0.5) is 5.69 Å². The molecule has 0 saturated heterocycles. The van der Waals surface area contributed by atoms with Crippen molar-refractivity contribution in [2.75, 3.05) is 5.73 Å². The predicted octanol–water partition coefficient (Wildman–Crippen LogP) is 7.57. The average Bonchev–Trinajstić information content (AvgIpc) is 3.27. The van der Waals surface area contributed by atoms with Crippen molar-refractivity contribution >= 4 is 30.4 Å². The molecule has 3 nitrogen and oxygen atoms in total. The lowest BCUT2D eigenvalue weighted by molar-refractivity contribution is -0.0893. The summed E-state index contributed by atoms with van der Waals surface area (Å²) in [6.07, 6.45) is 0. The van der Waals surface area contributed by atoms with Crippen molar-refractivity contribution in [1.29, 1.82) is 0 Å². The minimum Gasteiger partial charge on any atom is -0.427 e. The lowest BCUT2D eigenvalue weighted by atomic mass is 9.67. The Morgan fingerprint density at radius 1 is 0.690 bits per heavy atom. The Morgan fingerprint density at radius 3 is 1.95 bits per heavy atom. The first-order chi connectivity index (χ1) is 20.1. The van der Waals surface area contributed by atoms with Crippen LogP contribution in [0.1, 0.15) is 49.9 Å². The molecule has 207 valence electrons. The number of anilines is 1. The van der Waals surface area contributed by atoms with Crippen LogP contribution >= 0.6 is 11.8 Å². The Kier molecular flexibility index (Phi) is 6.21. The number of fused-ring (bicyclic) bond motifs is 9. The van der Waals surface area contributed by atoms with Gasteiger partial charge in [0.2, 0.25) is 0 Å². The Labute approximate surface area is 253 Å². The standard InChI is InChI=1S/C37H33BNO2S/c1-35(2,40)36(3,4)41-38-24-18-21-28-27(22-24)34-26(23-16-19-25(39)20-17-23)10-9-13-31(34)37(28)29-11-5-7-14-32(29)42-33-15-8-6-12-30(33)37/h5-22,40H,39H2,1-4H3. The van der Waals surface area contributed by atoms with E-state index in [1.807, 2.05) is 37.7 Å². The summed E-state index contributed by atoms with van der Waals surface area (Å²) in [4.78, 5) is 2.55. The Balaban J connectivity index is 1.51. The highest BCUT2D eigenvalue weighted by Crippen LogP contribution is 2.63. The molecule has 1 aliphatic heterocycles. The zero-order valence-electron chi connectivity index (χ0n) is 24.3. The van der Waals surface area contributed by atoms with E-state index in [1.54, 1.807) is 21.3 Å². The van der Waals surface area contributed by atoms with Crippen LogP contribution in [-0.2, 0) is 10.1 Å². The quantitative estimate of drug-likeness (QED) is 0.167. The van der Waals surface area contributed by atoms with Gasteiger partial charge in [0.25, 0.3) is 0 Å². The molecule has 0 bridgehead atoms. The lowest BCUT2D eigenvalue weighted by Crippen LogP contribution is -2.49. The van der Waals surface area contributed by atoms with Gasteiger partial charge in [0.1, 0.15) is 0 Å². The third-order valence-corrected chi connectivity index (χ3v) is 10.3. The number of hydrogen-bond donors (Lipinski definition) is 2. The lowest BCUT2D eigenvalue weighted by Gasteiger charge is -2.39. The number of nitrogen functional groups attached to an aromatic ring is 1. The van der Waals surface area contributed by atoms with Crippen molar-refractivity contribution in [3.05, 3.63) is 131 Å². The molecule has 0 fully saturated rings. The fourth-order valence-corrected chi connectivity index (χ4v) is 7.50. The van der Waals surface area contributed by atoms with Crippen LogP contribution in [0.3, 0.4) is 0 Å². The second-order valence-corrected chi connectivity index (χ2v) is 13.4. The largest absolute Gasteiger partial charge is 0.427 e. The SMILES string of the molecule is CC(C)(O)C(C)(C)O[B]c1ccc2c(c1)-c1c(-c3ccc(N)cc3)cccc1C21c2ccccc2Sc2ccccc21. The highest BCUT2D eigenvalue weighted by molar-refractivity contribution is 7.99. The fourth-order valence-electron chi connectivity index (χ4n) is 6.31. The molecule has 1 aliphatic carbocycles. The van der Waals surface area contributed by atoms with Gasteiger partial charge in [-0.05, 0) is 96.5 Å². The van der Waals surface area contributed by atoms with Crippen LogP contribution in [0.25, 0.3) is 22.3 Å². The molecule has 0 saturated carbocycles. The first-order valence-corrected chi connectivity index (χ1v) is 15.2. The van der Waals surface area contributed by atoms with E-state index in [9.17, 15) is 5.11 Å². The second kappa shape index (κ2) is 9.63. The first-order valence-electron chi connectivity index (χ1n) is 14.4. The highest BCUT2D eigenvalue weighted by atomic mass is 32.2. The van der Waals surface area contributed by atoms with Gasteiger partial charge in [0.15, 0.2) is 0 Å². The van der Waals surface area contributed by atoms with E-state index >= 15 is 0 Å². The van der Waals surface area contributed by atoms with Gasteiger partial charge in [-0.3, -0.25) is 0 Å². The minimum atomic E-state index is -1.01. The second-order valence-electron chi connectivity index (χ2n) is 12.3. The van der Waals surface area contributed by atoms with Crippen LogP contribution in [0, 0.1) is 0 Å². The number of rotatable bonds is 5. The maximum absolute atomic E-state index is 10.7. The van der Waals surface area contributed by atoms with Crippen molar-refractivity contribution in [2.24, 2.45) is 0 Å². The van der Waals surface area contributed by atoms with E-state index in [4.69, 9.17) is 10.4 Å². The maximum atomic E-state index is 10.7. The molecule has 42 heavy (non-hydrogen) atoms. The van der Waals surface area contributed by atoms with Crippen LogP contribution in [0.5, 0.6) is 0 Å². The third kappa shape index (κ3) is 3.99. The van der Waals surface area contributed by atoms with Gasteiger partial charge in [-0.2, -0.15) is 0 Å². The summed E-state index contributed by atoms with van der Waals surface area (Å²) in [5.74, 6) is 0. The van der Waals surface area contributed by atoms with Gasteiger partial charge in [-0.25, -0.2) is 0 Å². The predicted molar refractivity (Wildman–Crippen MR) is 175 cm³/mol. The molecule has 7 rings (SSSR count). The van der Waals surface area contributed by atoms with Crippen LogP contribution in [0.2, 0.25) is 0 Å². The molecule has 0 unspecified atom stereocenters. The smallest absolute Gasteiger partial charge is 0.330 e. The molecule has 5 aromatic rings. The van der Waals surface area contributed by atoms with Gasteiger partial charge in [0.05, 0.1) is 16.6 Å². The zero-order valence-corrected chi connectivity index (χ0v) is 25.1. The van der Waals surface area contributed by atoms with Crippen molar-refractivity contribution in [1.82, 2.24) is 0 Å². The van der Waals surface area contributed by atoms with Gasteiger partial charge < -0.3 is 15.5 Å². The monoisotopic (exact) mass is 566 g/mol. The van der Waals surface area contributed by atoms with Crippen LogP contribution < -0.4 is 11.2 Å². The minimum absolute atomic E-state index is 0.460. The van der Waals surface area contributed by atoms with E-state index in [-0.39, 0.29) is 0 Å². The average molecular weight is 567 g/mol. The van der Waals surface area contributed by atoms with Gasteiger partial charge in [-0.1, -0.05) is 102 Å². The summed E-state index contributed by atoms with van der Waals surface area (Å²) >= 11 is 1.85. The van der Waals surface area contributed by atoms with E-state index in [0.717, 1.165) is 16.7 Å². The Hall–Kier alpha value is -3.77. The molecule has 3 N–H and O–H groups in total. The molecule has 1 heterocycles. The molecule has 2 aliphatic rings. The molecule has 5 aromatic carbocycles. The molecular formula is C37H33BNO2S. The summed E-state index contributed by atoms with van der Waals surface area (Å²) in [5.41, 5.74) is 15.4. The third-order valence-electron chi connectivity index (χ3n) is 9.17. The van der Waals surface area contributed by atoms with Crippen molar-refractivity contribution < 1.29 is 9.76 Å². The summed E-state index contributed by atoms with van der Waals surface area (Å²) in [5, 5.41) is 10.7. The first kappa shape index (κ1) is 27.1. The molecule has 1 radical (unpaired) electrons. The zero-order chi connectivity index (χ0) is 29.3. The topological polar surface area (TPSA) is 55.5 Å². The normalized spacial score (nSPS) is 14.6. The molecule has 0 aromatic heterocycles. The van der Waals surface area contributed by atoms with E-state index in [1.165, 1.54) is 48.7 Å². The fraction of sp³-hybridized carbons (Fsp3) is 0.189. The van der Waals surface area contributed by atoms with Crippen molar-refractivity contribution in [3.63, 3.8) is 0 Å². The Morgan fingerprint density at radius 2 is 1.31 bits per heavy atom.